The molecule has 0 unspecified atom stereocenters. The quantitative estimate of drug-likeness (QED) is 0.903. The van der Waals surface area contributed by atoms with E-state index in [1.165, 1.54) is 11.3 Å². The number of amides is 2. The van der Waals surface area contributed by atoms with Crippen molar-refractivity contribution in [3.8, 4) is 0 Å². The number of likely N-dealkylation sites (tertiary alicyclic amines) is 1. The van der Waals surface area contributed by atoms with Crippen LogP contribution in [-0.4, -0.2) is 45.0 Å². The average Bonchev–Trinajstić information content (AvgIpc) is 2.93. The predicted octanol–water partition coefficient (Wildman–Crippen LogP) is 2.66. The van der Waals surface area contributed by atoms with Crippen LogP contribution in [0.2, 0.25) is 0 Å². The van der Waals surface area contributed by atoms with Gasteiger partial charge in [-0.3, -0.25) is 5.32 Å². The van der Waals surface area contributed by atoms with Crippen molar-refractivity contribution < 1.29 is 4.79 Å². The lowest BCUT2D eigenvalue weighted by molar-refractivity contribution is 0.197. The molecular weight excluding hydrogens is 312 g/mol. The van der Waals surface area contributed by atoms with Crippen LogP contribution in [0.15, 0.2) is 18.6 Å². The van der Waals surface area contributed by atoms with Crippen molar-refractivity contribution in [3.05, 3.63) is 29.2 Å². The van der Waals surface area contributed by atoms with Crippen molar-refractivity contribution in [2.24, 2.45) is 0 Å². The number of piperidine rings is 1. The number of rotatable bonds is 3. The van der Waals surface area contributed by atoms with Gasteiger partial charge in [0.05, 0.1) is 0 Å². The van der Waals surface area contributed by atoms with Gasteiger partial charge in [0.2, 0.25) is 0 Å². The molecule has 2 amide bonds. The first-order valence-electron chi connectivity index (χ1n) is 7.64. The van der Waals surface area contributed by atoms with Gasteiger partial charge in [0.15, 0.2) is 5.13 Å². The lowest BCUT2D eigenvalue weighted by atomic mass is 10.1. The van der Waals surface area contributed by atoms with Crippen molar-refractivity contribution in [1.82, 2.24) is 19.9 Å². The number of aromatic nitrogens is 3. The molecule has 122 valence electrons. The highest BCUT2D eigenvalue weighted by molar-refractivity contribution is 7.15. The summed E-state index contributed by atoms with van der Waals surface area (Å²) in [5.41, 5.74) is 0.943. The van der Waals surface area contributed by atoms with E-state index in [0.29, 0.717) is 11.2 Å². The normalized spacial score (nSPS) is 15.5. The molecule has 1 saturated heterocycles. The van der Waals surface area contributed by atoms with Crippen molar-refractivity contribution >= 4 is 28.3 Å². The number of nitrogens with one attached hydrogen (secondary N) is 2. The third kappa shape index (κ3) is 4.16. The number of thiazole rings is 1. The van der Waals surface area contributed by atoms with Gasteiger partial charge in [0.1, 0.15) is 12.1 Å². The van der Waals surface area contributed by atoms with Crippen LogP contribution in [0.4, 0.5) is 15.7 Å². The number of nitrogens with zero attached hydrogens (tertiary/aromatic N) is 4. The van der Waals surface area contributed by atoms with Crippen LogP contribution in [0.5, 0.6) is 0 Å². The van der Waals surface area contributed by atoms with Gasteiger partial charge in [-0.2, -0.15) is 0 Å². The average molecular weight is 332 g/mol. The van der Waals surface area contributed by atoms with E-state index in [2.05, 4.69) is 25.6 Å². The zero-order valence-electron chi connectivity index (χ0n) is 13.2. The van der Waals surface area contributed by atoms with E-state index in [9.17, 15) is 4.79 Å². The van der Waals surface area contributed by atoms with E-state index in [1.54, 1.807) is 12.5 Å². The second kappa shape index (κ2) is 6.91. The minimum atomic E-state index is -0.0734. The van der Waals surface area contributed by atoms with E-state index in [4.69, 9.17) is 0 Å². The third-order valence-corrected chi connectivity index (χ3v) is 4.60. The molecule has 0 aliphatic carbocycles. The molecule has 3 heterocycles. The van der Waals surface area contributed by atoms with Crippen LogP contribution in [0.25, 0.3) is 0 Å². The van der Waals surface area contributed by atoms with Gasteiger partial charge in [-0.1, -0.05) is 0 Å². The number of carbonyl (C=O) groups excluding carboxylic acids is 1. The molecule has 0 spiro atoms. The van der Waals surface area contributed by atoms with E-state index in [0.717, 1.165) is 42.3 Å². The van der Waals surface area contributed by atoms with Gasteiger partial charge < -0.3 is 10.2 Å². The molecule has 23 heavy (non-hydrogen) atoms. The van der Waals surface area contributed by atoms with Crippen LogP contribution in [0, 0.1) is 13.8 Å². The Balaban J connectivity index is 1.49. The number of aryl methyl sites for hydroxylation is 2. The molecule has 3 rings (SSSR count). The molecule has 7 nitrogen and oxygen atoms in total. The fraction of sp³-hybridized carbons (Fsp3) is 0.467. The van der Waals surface area contributed by atoms with Crippen LogP contribution >= 0.6 is 11.3 Å². The molecular formula is C15H20N6OS. The Morgan fingerprint density at radius 1 is 1.26 bits per heavy atom. The number of anilines is 2. The summed E-state index contributed by atoms with van der Waals surface area (Å²) in [5.74, 6) is 0.846. The summed E-state index contributed by atoms with van der Waals surface area (Å²) in [7, 11) is 0. The number of urea groups is 1. The number of carbonyl (C=O) groups is 1. The van der Waals surface area contributed by atoms with Crippen LogP contribution in [0.1, 0.15) is 23.4 Å². The topological polar surface area (TPSA) is 83.0 Å². The molecule has 8 heteroatoms. The summed E-state index contributed by atoms with van der Waals surface area (Å²) in [6, 6.07) is 2.19. The van der Waals surface area contributed by atoms with Crippen molar-refractivity contribution in [2.75, 3.05) is 23.7 Å². The van der Waals surface area contributed by atoms with E-state index in [-0.39, 0.29) is 6.03 Å². The fourth-order valence-electron chi connectivity index (χ4n) is 2.55. The van der Waals surface area contributed by atoms with Crippen LogP contribution in [-0.2, 0) is 0 Å². The summed E-state index contributed by atoms with van der Waals surface area (Å²) in [6.07, 6.45) is 5.12. The molecule has 2 aromatic rings. The number of hydrogen-bond acceptors (Lipinski definition) is 6. The molecule has 1 aliphatic rings. The van der Waals surface area contributed by atoms with E-state index >= 15 is 0 Å². The van der Waals surface area contributed by atoms with Crippen LogP contribution in [0.3, 0.4) is 0 Å². The molecule has 0 saturated carbocycles. The minimum Gasteiger partial charge on any atom is -0.367 e. The second-order valence-corrected chi connectivity index (χ2v) is 6.89. The minimum absolute atomic E-state index is 0.0734. The third-order valence-electron chi connectivity index (χ3n) is 3.77. The Kier molecular flexibility index (Phi) is 4.71. The largest absolute Gasteiger partial charge is 0.367 e. The van der Waals surface area contributed by atoms with E-state index < -0.39 is 0 Å². The Labute approximate surface area is 139 Å². The van der Waals surface area contributed by atoms with Gasteiger partial charge in [0, 0.05) is 42.0 Å². The first kappa shape index (κ1) is 15.7. The maximum Gasteiger partial charge on any atom is 0.323 e. The summed E-state index contributed by atoms with van der Waals surface area (Å²) in [5, 5.41) is 6.93. The Bertz CT molecular complexity index is 680. The first-order chi connectivity index (χ1) is 11.1. The molecule has 1 aliphatic heterocycles. The van der Waals surface area contributed by atoms with Gasteiger partial charge in [-0.25, -0.2) is 19.7 Å². The molecule has 1 fully saturated rings. The van der Waals surface area contributed by atoms with Crippen LogP contribution < -0.4 is 10.6 Å². The van der Waals surface area contributed by atoms with Crippen molar-refractivity contribution in [3.63, 3.8) is 0 Å². The highest BCUT2D eigenvalue weighted by Gasteiger charge is 2.23. The van der Waals surface area contributed by atoms with Crippen molar-refractivity contribution in [2.45, 2.75) is 32.7 Å². The summed E-state index contributed by atoms with van der Waals surface area (Å²) < 4.78 is 0. The van der Waals surface area contributed by atoms with Gasteiger partial charge in [-0.05, 0) is 26.7 Å². The summed E-state index contributed by atoms with van der Waals surface area (Å²) in [6.45, 7) is 5.36. The van der Waals surface area contributed by atoms with Gasteiger partial charge in [-0.15, -0.1) is 11.3 Å². The Hall–Kier alpha value is -2.22. The van der Waals surface area contributed by atoms with Crippen molar-refractivity contribution in [1.29, 1.82) is 0 Å². The molecule has 0 bridgehead atoms. The monoisotopic (exact) mass is 332 g/mol. The fourth-order valence-corrected chi connectivity index (χ4v) is 3.21. The zero-order chi connectivity index (χ0) is 16.2. The molecule has 2 aromatic heterocycles. The maximum atomic E-state index is 12.2. The molecule has 0 radical (unpaired) electrons. The van der Waals surface area contributed by atoms with Gasteiger partial charge >= 0.3 is 6.03 Å². The lowest BCUT2D eigenvalue weighted by Crippen LogP contribution is -2.44. The molecule has 0 atom stereocenters. The zero-order valence-corrected chi connectivity index (χ0v) is 14.1. The summed E-state index contributed by atoms with van der Waals surface area (Å²) in [4.78, 5) is 27.6. The smallest absolute Gasteiger partial charge is 0.323 e. The standard InChI is InChI=1S/C15H20N6OS/c1-10-7-13(18-9-17-10)19-12-3-5-21(6-4-12)15(22)20-14-16-8-11(2)23-14/h7-9,12H,3-6H2,1-2H3,(H,16,20,22)(H,17,18,19). The maximum absolute atomic E-state index is 12.2. The Morgan fingerprint density at radius 2 is 2.04 bits per heavy atom. The summed E-state index contributed by atoms with van der Waals surface area (Å²) >= 11 is 1.49. The molecule has 2 N–H and O–H groups in total. The highest BCUT2D eigenvalue weighted by atomic mass is 32.1. The highest BCUT2D eigenvalue weighted by Crippen LogP contribution is 2.19. The predicted molar refractivity (Wildman–Crippen MR) is 90.9 cm³/mol. The molecule has 0 aromatic carbocycles. The Morgan fingerprint density at radius 3 is 2.70 bits per heavy atom. The van der Waals surface area contributed by atoms with Gasteiger partial charge in [0.25, 0.3) is 0 Å². The first-order valence-corrected chi connectivity index (χ1v) is 8.45. The van der Waals surface area contributed by atoms with E-state index in [1.807, 2.05) is 24.8 Å². The number of hydrogen-bond donors (Lipinski definition) is 2. The SMILES string of the molecule is Cc1cc(NC2CCN(C(=O)Nc3ncc(C)s3)CC2)ncn1. The second-order valence-electron chi connectivity index (χ2n) is 5.66. The lowest BCUT2D eigenvalue weighted by Gasteiger charge is -2.32.